The molecule has 6 nitrogen and oxygen atoms in total. The molecule has 3 rings (SSSR count). The third kappa shape index (κ3) is 5.25. The Bertz CT molecular complexity index is 877. The number of aromatic nitrogens is 3. The van der Waals surface area contributed by atoms with Crippen LogP contribution in [0.15, 0.2) is 66.0 Å². The summed E-state index contributed by atoms with van der Waals surface area (Å²) in [5.74, 6) is 1.87. The highest BCUT2D eigenvalue weighted by atomic mass is 15.3. The van der Waals surface area contributed by atoms with E-state index in [0.717, 1.165) is 37.8 Å². The average molecular weight is 379 g/mol. The number of hydrogen-bond acceptors (Lipinski definition) is 2. The lowest BCUT2D eigenvalue weighted by molar-refractivity contribution is 0.461. The van der Waals surface area contributed by atoms with Gasteiger partial charge in [0.2, 0.25) is 0 Å². The molecule has 0 aliphatic carbocycles. The maximum atomic E-state index is 4.82. The number of nitrogens with one attached hydrogen (secondary N) is 1. The van der Waals surface area contributed by atoms with Crippen LogP contribution in [0, 0.1) is 0 Å². The number of guanidine groups is 1. The molecule has 0 amide bonds. The largest absolute Gasteiger partial charge is 0.357 e. The van der Waals surface area contributed by atoms with Crippen LogP contribution in [-0.2, 0) is 33.1 Å². The van der Waals surface area contributed by atoms with Crippen LogP contribution in [-0.4, -0.2) is 38.6 Å². The Morgan fingerprint density at radius 3 is 2.68 bits per heavy atom. The highest BCUT2D eigenvalue weighted by Crippen LogP contribution is 2.07. The summed E-state index contributed by atoms with van der Waals surface area (Å²) >= 11 is 0. The monoisotopic (exact) mass is 378 g/mol. The van der Waals surface area contributed by atoms with Gasteiger partial charge in [-0.2, -0.15) is 0 Å². The van der Waals surface area contributed by atoms with Crippen LogP contribution in [0.2, 0.25) is 0 Å². The van der Waals surface area contributed by atoms with E-state index < -0.39 is 0 Å². The lowest BCUT2D eigenvalue weighted by Crippen LogP contribution is -2.38. The summed E-state index contributed by atoms with van der Waals surface area (Å²) in [6.45, 7) is 5.19. The fourth-order valence-electron chi connectivity index (χ4n) is 3.18. The third-order valence-electron chi connectivity index (χ3n) is 4.80. The second-order valence-electron chi connectivity index (χ2n) is 6.91. The smallest absolute Gasteiger partial charge is 0.194 e. The van der Waals surface area contributed by atoms with Gasteiger partial charge in [-0.05, 0) is 31.0 Å². The van der Waals surface area contributed by atoms with E-state index >= 15 is 0 Å². The zero-order valence-electron chi connectivity index (χ0n) is 17.0. The van der Waals surface area contributed by atoms with E-state index in [1.807, 2.05) is 12.4 Å². The molecule has 0 aliphatic rings. The molecule has 28 heavy (non-hydrogen) atoms. The van der Waals surface area contributed by atoms with Crippen molar-refractivity contribution in [2.75, 3.05) is 13.6 Å². The van der Waals surface area contributed by atoms with Gasteiger partial charge in [0.05, 0.1) is 6.54 Å². The van der Waals surface area contributed by atoms with E-state index in [0.29, 0.717) is 6.54 Å². The molecule has 148 valence electrons. The van der Waals surface area contributed by atoms with Crippen LogP contribution in [0.4, 0.5) is 0 Å². The van der Waals surface area contributed by atoms with Gasteiger partial charge in [0.1, 0.15) is 12.4 Å². The van der Waals surface area contributed by atoms with Crippen molar-refractivity contribution in [3.05, 3.63) is 78.1 Å². The van der Waals surface area contributed by atoms with Crippen molar-refractivity contribution in [3.63, 3.8) is 0 Å². The highest BCUT2D eigenvalue weighted by molar-refractivity contribution is 5.79. The van der Waals surface area contributed by atoms with E-state index in [2.05, 4.69) is 94.0 Å². The van der Waals surface area contributed by atoms with E-state index in [-0.39, 0.29) is 0 Å². The minimum atomic E-state index is 0.557. The molecule has 3 aromatic rings. The van der Waals surface area contributed by atoms with Crippen LogP contribution in [0.1, 0.15) is 24.0 Å². The standard InChI is InChI=1S/C22H30N6/c1-4-23-22(27(3)18-20-11-8-14-26(20)2)25-17-21-24-13-16-28(21)15-12-19-9-6-5-7-10-19/h5-11,13-14,16H,4,12,15,17-18H2,1-3H3,(H,23,25). The van der Waals surface area contributed by atoms with Crippen LogP contribution in [0.3, 0.4) is 0 Å². The summed E-state index contributed by atoms with van der Waals surface area (Å²) in [7, 11) is 4.13. The van der Waals surface area contributed by atoms with Crippen molar-refractivity contribution < 1.29 is 0 Å². The summed E-state index contributed by atoms with van der Waals surface area (Å²) in [4.78, 5) is 11.5. The van der Waals surface area contributed by atoms with Crippen LogP contribution in [0.25, 0.3) is 0 Å². The molecule has 0 atom stereocenters. The summed E-state index contributed by atoms with van der Waals surface area (Å²) in [6.07, 6.45) is 6.95. The molecular formula is C22H30N6. The van der Waals surface area contributed by atoms with Crippen molar-refractivity contribution >= 4 is 5.96 Å². The van der Waals surface area contributed by atoms with Crippen molar-refractivity contribution in [2.45, 2.75) is 33.0 Å². The fourth-order valence-corrected chi connectivity index (χ4v) is 3.18. The summed E-state index contributed by atoms with van der Waals surface area (Å²) in [6, 6.07) is 14.7. The first-order valence-electron chi connectivity index (χ1n) is 9.81. The van der Waals surface area contributed by atoms with E-state index in [4.69, 9.17) is 4.99 Å². The number of hydrogen-bond donors (Lipinski definition) is 1. The molecule has 0 spiro atoms. The highest BCUT2D eigenvalue weighted by Gasteiger charge is 2.09. The number of aryl methyl sites for hydroxylation is 3. The number of imidazole rings is 1. The average Bonchev–Trinajstić information content (AvgIpc) is 3.33. The molecule has 0 saturated carbocycles. The van der Waals surface area contributed by atoms with E-state index in [9.17, 15) is 0 Å². The van der Waals surface area contributed by atoms with Crippen LogP contribution >= 0.6 is 0 Å². The Hall–Kier alpha value is -3.02. The minimum Gasteiger partial charge on any atom is -0.357 e. The van der Waals surface area contributed by atoms with Gasteiger partial charge in [0.25, 0.3) is 0 Å². The van der Waals surface area contributed by atoms with Crippen LogP contribution in [0.5, 0.6) is 0 Å². The first-order chi connectivity index (χ1) is 13.7. The van der Waals surface area contributed by atoms with Crippen molar-refractivity contribution in [3.8, 4) is 0 Å². The predicted molar refractivity (Wildman–Crippen MR) is 114 cm³/mol. The molecule has 0 radical (unpaired) electrons. The Kier molecular flexibility index (Phi) is 6.89. The molecule has 0 saturated heterocycles. The van der Waals surface area contributed by atoms with Crippen molar-refractivity contribution in [2.24, 2.45) is 12.0 Å². The van der Waals surface area contributed by atoms with Gasteiger partial charge in [0, 0.05) is 51.5 Å². The SMILES string of the molecule is CCNC(=NCc1nccn1CCc1ccccc1)N(C)Cc1cccn1C. The molecule has 0 fully saturated rings. The molecule has 2 heterocycles. The summed E-state index contributed by atoms with van der Waals surface area (Å²) in [5.41, 5.74) is 2.58. The first kappa shape index (κ1) is 19.7. The van der Waals surface area contributed by atoms with E-state index in [1.165, 1.54) is 11.3 Å². The second kappa shape index (κ2) is 9.78. The van der Waals surface area contributed by atoms with Crippen molar-refractivity contribution in [1.29, 1.82) is 0 Å². The third-order valence-corrected chi connectivity index (χ3v) is 4.80. The predicted octanol–water partition coefficient (Wildman–Crippen LogP) is 3.06. The molecule has 0 aliphatic heterocycles. The topological polar surface area (TPSA) is 50.4 Å². The first-order valence-corrected chi connectivity index (χ1v) is 9.81. The molecule has 0 unspecified atom stereocenters. The quantitative estimate of drug-likeness (QED) is 0.484. The lowest BCUT2D eigenvalue weighted by atomic mass is 10.1. The van der Waals surface area contributed by atoms with Gasteiger partial charge >= 0.3 is 0 Å². The molecular weight excluding hydrogens is 348 g/mol. The molecule has 2 aromatic heterocycles. The molecule has 1 aromatic carbocycles. The van der Waals surface area contributed by atoms with Gasteiger partial charge < -0.3 is 19.4 Å². The summed E-state index contributed by atoms with van der Waals surface area (Å²) in [5, 5.41) is 3.38. The number of rotatable bonds is 8. The van der Waals surface area contributed by atoms with Gasteiger partial charge in [0.15, 0.2) is 5.96 Å². The summed E-state index contributed by atoms with van der Waals surface area (Å²) < 4.78 is 4.33. The van der Waals surface area contributed by atoms with Gasteiger partial charge in [-0.15, -0.1) is 0 Å². The fraction of sp³-hybridized carbons (Fsp3) is 0.364. The minimum absolute atomic E-state index is 0.557. The maximum Gasteiger partial charge on any atom is 0.194 e. The number of nitrogens with zero attached hydrogens (tertiary/aromatic N) is 5. The number of aliphatic imine (C=N–C) groups is 1. The Balaban J connectivity index is 1.64. The molecule has 1 N–H and O–H groups in total. The molecule has 6 heteroatoms. The second-order valence-corrected chi connectivity index (χ2v) is 6.91. The molecule has 0 bridgehead atoms. The van der Waals surface area contributed by atoms with Crippen LogP contribution < -0.4 is 5.32 Å². The Labute approximate surface area is 167 Å². The maximum absolute atomic E-state index is 4.82. The van der Waals surface area contributed by atoms with Gasteiger partial charge in [-0.25, -0.2) is 9.98 Å². The number of benzene rings is 1. The van der Waals surface area contributed by atoms with E-state index in [1.54, 1.807) is 0 Å². The zero-order chi connectivity index (χ0) is 19.8. The Morgan fingerprint density at radius 2 is 1.96 bits per heavy atom. The van der Waals surface area contributed by atoms with Crippen molar-refractivity contribution in [1.82, 2.24) is 24.3 Å². The lowest BCUT2D eigenvalue weighted by Gasteiger charge is -2.22. The Morgan fingerprint density at radius 1 is 1.14 bits per heavy atom. The zero-order valence-corrected chi connectivity index (χ0v) is 17.0. The van der Waals surface area contributed by atoms with Gasteiger partial charge in [-0.3, -0.25) is 0 Å². The normalized spacial score (nSPS) is 11.6. The van der Waals surface area contributed by atoms with Gasteiger partial charge in [-0.1, -0.05) is 30.3 Å².